The van der Waals surface area contributed by atoms with E-state index >= 15 is 0 Å². The minimum atomic E-state index is -5.16. The zero-order valence-corrected chi connectivity index (χ0v) is 14.3. The van der Waals surface area contributed by atoms with Gasteiger partial charge in [-0.2, -0.15) is 13.2 Å². The van der Waals surface area contributed by atoms with E-state index in [0.717, 1.165) is 16.2 Å². The molecule has 11 heteroatoms. The van der Waals surface area contributed by atoms with Crippen molar-refractivity contribution in [2.24, 2.45) is 0 Å². The van der Waals surface area contributed by atoms with Crippen LogP contribution in [-0.2, 0) is 18.1 Å². The van der Waals surface area contributed by atoms with E-state index in [9.17, 15) is 23.1 Å². The van der Waals surface area contributed by atoms with Crippen molar-refractivity contribution < 1.29 is 23.0 Å². The van der Waals surface area contributed by atoms with Crippen molar-refractivity contribution in [3.8, 4) is 0 Å². The summed E-state index contributed by atoms with van der Waals surface area (Å²) < 4.78 is 45.9. The number of nitrogens with zero attached hydrogens (tertiary/aromatic N) is 3. The van der Waals surface area contributed by atoms with Gasteiger partial charge in [0.1, 0.15) is 17.5 Å². The summed E-state index contributed by atoms with van der Waals surface area (Å²) in [5, 5.41) is 16.0. The molecule has 142 valence electrons. The van der Waals surface area contributed by atoms with E-state index in [2.05, 4.69) is 4.98 Å². The topological polar surface area (TPSA) is 92.6 Å². The molecule has 0 fully saturated rings. The van der Waals surface area contributed by atoms with Crippen LogP contribution in [0.2, 0.25) is 5.15 Å². The Labute approximate surface area is 154 Å². The van der Waals surface area contributed by atoms with Crippen LogP contribution in [-0.4, -0.2) is 25.2 Å². The first-order valence-corrected chi connectivity index (χ1v) is 7.86. The second kappa shape index (κ2) is 7.05. The predicted octanol–water partition coefficient (Wildman–Crippen LogP) is 1.75. The first-order chi connectivity index (χ1) is 12.7. The normalized spacial score (nSPS) is 13.2. The highest BCUT2D eigenvalue weighted by atomic mass is 35.5. The number of benzene rings is 1. The van der Waals surface area contributed by atoms with Crippen molar-refractivity contribution in [3.63, 3.8) is 0 Å². The van der Waals surface area contributed by atoms with Gasteiger partial charge in [-0.05, 0) is 5.56 Å². The number of halogens is 4. The molecule has 3 aromatic rings. The minimum Gasteiger partial charge on any atom is -0.503 e. The first-order valence-electron chi connectivity index (χ1n) is 7.48. The van der Waals surface area contributed by atoms with Gasteiger partial charge >= 0.3 is 6.18 Å². The van der Waals surface area contributed by atoms with Gasteiger partial charge in [-0.1, -0.05) is 41.9 Å². The fourth-order valence-electron chi connectivity index (χ4n) is 2.52. The van der Waals surface area contributed by atoms with Crippen molar-refractivity contribution in [3.05, 3.63) is 68.4 Å². The van der Waals surface area contributed by atoms with Crippen molar-refractivity contribution in [2.75, 3.05) is 0 Å². The number of imidazole rings is 1. The lowest BCUT2D eigenvalue weighted by atomic mass is 10.2. The maximum Gasteiger partial charge on any atom is 0.451 e. The molecule has 7 nitrogen and oxygen atoms in total. The van der Waals surface area contributed by atoms with Gasteiger partial charge in [0.25, 0.3) is 5.56 Å². The second-order valence-corrected chi connectivity index (χ2v) is 5.87. The van der Waals surface area contributed by atoms with Crippen LogP contribution in [0.4, 0.5) is 13.2 Å². The molecule has 27 heavy (non-hydrogen) atoms. The van der Waals surface area contributed by atoms with Crippen molar-refractivity contribution in [2.45, 2.75) is 19.5 Å². The lowest BCUT2D eigenvalue weighted by molar-refractivity contribution is -0.0903. The fourth-order valence-corrected chi connectivity index (χ4v) is 2.70. The van der Waals surface area contributed by atoms with Gasteiger partial charge in [0.15, 0.2) is 5.35 Å². The molecular formula is C16H12ClF3N4O3. The summed E-state index contributed by atoms with van der Waals surface area (Å²) in [5.41, 5.74) is -1.32. The molecule has 0 atom stereocenters. The Bertz CT molecular complexity index is 1160. The highest BCUT2D eigenvalue weighted by Gasteiger charge is 2.37. The molecule has 2 aromatic heterocycles. The van der Waals surface area contributed by atoms with E-state index in [1.807, 2.05) is 0 Å². The summed E-state index contributed by atoms with van der Waals surface area (Å²) in [4.78, 5) is 15.9. The number of aliphatic hydroxyl groups excluding tert-OH is 1. The van der Waals surface area contributed by atoms with Crippen molar-refractivity contribution in [1.29, 1.82) is 5.41 Å². The Hall–Kier alpha value is -2.85. The van der Waals surface area contributed by atoms with Crippen LogP contribution in [0.15, 0.2) is 41.2 Å². The Kier molecular flexibility index (Phi) is 4.94. The number of fused-ring (bicyclic) bond motifs is 1. The molecule has 3 rings (SSSR count). The molecule has 0 saturated carbocycles. The average Bonchev–Trinajstić information content (AvgIpc) is 2.86. The Morgan fingerprint density at radius 3 is 2.59 bits per heavy atom. The molecule has 0 bridgehead atoms. The third-order valence-electron chi connectivity index (χ3n) is 3.68. The van der Waals surface area contributed by atoms with Crippen LogP contribution >= 0.6 is 11.6 Å². The maximum atomic E-state index is 13.0. The molecule has 0 radical (unpaired) electrons. The molecule has 0 aliphatic rings. The summed E-state index contributed by atoms with van der Waals surface area (Å²) >= 11 is 5.76. The zero-order valence-electron chi connectivity index (χ0n) is 13.5. The smallest absolute Gasteiger partial charge is 0.451 e. The highest BCUT2D eigenvalue weighted by Crippen LogP contribution is 2.23. The van der Waals surface area contributed by atoms with E-state index < -0.39 is 35.2 Å². The van der Waals surface area contributed by atoms with Crippen LogP contribution in [0.25, 0.3) is 11.4 Å². The van der Waals surface area contributed by atoms with Gasteiger partial charge < -0.3 is 9.84 Å². The summed E-state index contributed by atoms with van der Waals surface area (Å²) in [6.07, 6.45) is -5.16. The van der Waals surface area contributed by atoms with Crippen LogP contribution in [0.5, 0.6) is 0 Å². The Balaban J connectivity index is 2.17. The lowest BCUT2D eigenvalue weighted by Gasteiger charge is -2.09. The third-order valence-corrected chi connectivity index (χ3v) is 3.87. The number of rotatable bonds is 4. The number of hydrogen-bond acceptors (Lipinski definition) is 5. The Morgan fingerprint density at radius 1 is 1.30 bits per heavy atom. The van der Waals surface area contributed by atoms with E-state index in [0.29, 0.717) is 4.40 Å². The standard InChI is InChI=1S/C16H12ClF3N4O3/c17-10-6-11-23(8-27-7-9-4-2-1-3-5-9)12(13(25)16(18,19)20)14(26)24(11)15(21)22-10/h1-6,21,25H,7-8H2/b13-12-,21-15?. The summed E-state index contributed by atoms with van der Waals surface area (Å²) in [6, 6.07) is 9.95. The average molecular weight is 401 g/mol. The number of nitrogens with one attached hydrogen (secondary N) is 1. The molecule has 0 aliphatic heterocycles. The molecule has 0 amide bonds. The molecule has 0 unspecified atom stereocenters. The molecule has 2 heterocycles. The monoisotopic (exact) mass is 400 g/mol. The van der Waals surface area contributed by atoms with Crippen LogP contribution in [0.1, 0.15) is 5.56 Å². The first kappa shape index (κ1) is 18.9. The van der Waals surface area contributed by atoms with Gasteiger partial charge in [0, 0.05) is 6.07 Å². The molecular weight excluding hydrogens is 389 g/mol. The Morgan fingerprint density at radius 2 is 1.96 bits per heavy atom. The van der Waals surface area contributed by atoms with Crippen LogP contribution in [0.3, 0.4) is 0 Å². The largest absolute Gasteiger partial charge is 0.503 e. The second-order valence-electron chi connectivity index (χ2n) is 5.49. The molecule has 0 spiro atoms. The minimum absolute atomic E-state index is 0.0537. The highest BCUT2D eigenvalue weighted by molar-refractivity contribution is 6.29. The van der Waals surface area contributed by atoms with Crippen molar-refractivity contribution >= 4 is 23.0 Å². The molecule has 2 N–H and O–H groups in total. The lowest BCUT2D eigenvalue weighted by Crippen LogP contribution is -2.39. The predicted molar refractivity (Wildman–Crippen MR) is 88.9 cm³/mol. The van der Waals surface area contributed by atoms with Gasteiger partial charge in [-0.15, -0.1) is 0 Å². The zero-order chi connectivity index (χ0) is 19.8. The van der Waals surface area contributed by atoms with Gasteiger partial charge in [-0.25, -0.2) is 9.38 Å². The third kappa shape index (κ3) is 3.67. The fraction of sp³-hybridized carbons (Fsp3) is 0.188. The number of ether oxygens (including phenoxy) is 1. The SMILES string of the molecule is N=c1nc(Cl)cc2n(COCc3ccccc3)/c(=C(\O)C(F)(F)F)c(=O)n12. The maximum absolute atomic E-state index is 13.0. The van der Waals surface area contributed by atoms with E-state index in [1.54, 1.807) is 30.3 Å². The summed E-state index contributed by atoms with van der Waals surface area (Å²) in [5.74, 6) is -2.09. The van der Waals surface area contributed by atoms with Crippen LogP contribution in [0, 0.1) is 5.41 Å². The van der Waals surface area contributed by atoms with E-state index in [-0.39, 0.29) is 17.4 Å². The summed E-state index contributed by atoms with van der Waals surface area (Å²) in [6.45, 7) is -0.436. The number of aliphatic hydroxyl groups is 1. The quantitative estimate of drug-likeness (QED) is 0.653. The number of aromatic nitrogens is 3. The van der Waals surface area contributed by atoms with E-state index in [1.165, 1.54) is 0 Å². The van der Waals surface area contributed by atoms with Gasteiger partial charge in [0.2, 0.25) is 11.4 Å². The number of alkyl halides is 3. The van der Waals surface area contributed by atoms with Gasteiger partial charge in [0.05, 0.1) is 6.61 Å². The summed E-state index contributed by atoms with van der Waals surface area (Å²) in [7, 11) is 0. The molecule has 1 aromatic carbocycles. The molecule has 0 aliphatic carbocycles. The number of hydrogen-bond donors (Lipinski definition) is 2. The van der Waals surface area contributed by atoms with E-state index in [4.69, 9.17) is 21.7 Å². The van der Waals surface area contributed by atoms with Crippen LogP contribution < -0.4 is 16.5 Å². The van der Waals surface area contributed by atoms with Crippen molar-refractivity contribution in [1.82, 2.24) is 14.0 Å². The van der Waals surface area contributed by atoms with Gasteiger partial charge in [-0.3, -0.25) is 14.8 Å². The molecule has 0 saturated heterocycles.